The van der Waals surface area contributed by atoms with Gasteiger partial charge < -0.3 is 0 Å². The third-order valence-electron chi connectivity index (χ3n) is 2.48. The topological polar surface area (TPSA) is 70.8 Å². The van der Waals surface area contributed by atoms with Gasteiger partial charge in [-0.25, -0.2) is 13.4 Å². The lowest BCUT2D eigenvalue weighted by Gasteiger charge is -2.05. The zero-order valence-electron chi connectivity index (χ0n) is 9.66. The summed E-state index contributed by atoms with van der Waals surface area (Å²) in [6.45, 7) is 1.87. The summed E-state index contributed by atoms with van der Waals surface area (Å²) < 4.78 is 24.6. The first kappa shape index (κ1) is 12.3. The van der Waals surface area contributed by atoms with Crippen molar-refractivity contribution in [2.24, 2.45) is 0 Å². The van der Waals surface area contributed by atoms with Gasteiger partial charge in [0.15, 0.2) is 5.03 Å². The summed E-state index contributed by atoms with van der Waals surface area (Å²) in [7, 11) is -3.73. The Balaban J connectivity index is 2.63. The lowest BCUT2D eigenvalue weighted by molar-refractivity contribution is 0.592. The molecule has 0 saturated carbocycles. The van der Waals surface area contributed by atoms with E-state index in [9.17, 15) is 8.42 Å². The fraction of sp³-hybridized carbons (Fsp3) is 0.0769. The molecule has 18 heavy (non-hydrogen) atoms. The number of hydrogen-bond donors (Lipinski definition) is 0. The van der Waals surface area contributed by atoms with Crippen molar-refractivity contribution in [2.45, 2.75) is 16.8 Å². The summed E-state index contributed by atoms with van der Waals surface area (Å²) in [6.07, 6.45) is 1.36. The smallest absolute Gasteiger partial charge is 0.225 e. The lowest BCUT2D eigenvalue weighted by atomic mass is 10.2. The number of aryl methyl sites for hydroxylation is 1. The van der Waals surface area contributed by atoms with E-state index in [2.05, 4.69) is 4.98 Å². The molecular weight excluding hydrogens is 248 g/mol. The van der Waals surface area contributed by atoms with Crippen LogP contribution in [-0.2, 0) is 9.84 Å². The minimum absolute atomic E-state index is 0.0538. The maximum atomic E-state index is 12.3. The van der Waals surface area contributed by atoms with E-state index in [1.807, 2.05) is 13.0 Å². The van der Waals surface area contributed by atoms with Crippen LogP contribution in [-0.4, -0.2) is 13.4 Å². The average molecular weight is 258 g/mol. The second-order valence-corrected chi connectivity index (χ2v) is 5.65. The molecule has 4 nitrogen and oxygen atoms in total. The summed E-state index contributed by atoms with van der Waals surface area (Å²) in [5, 5.41) is 8.72. The molecule has 1 heterocycles. The van der Waals surface area contributed by atoms with E-state index >= 15 is 0 Å². The van der Waals surface area contributed by atoms with Crippen molar-refractivity contribution in [3.05, 3.63) is 53.7 Å². The molecule has 0 atom stereocenters. The Kier molecular flexibility index (Phi) is 3.13. The number of pyridine rings is 1. The molecule has 2 aromatic rings. The van der Waals surface area contributed by atoms with Gasteiger partial charge in [0.25, 0.3) is 0 Å². The van der Waals surface area contributed by atoms with Gasteiger partial charge in [0.05, 0.1) is 10.5 Å². The molecule has 0 amide bonds. The summed E-state index contributed by atoms with van der Waals surface area (Å²) in [4.78, 5) is 3.95. The molecular formula is C13H10N2O2S. The molecule has 0 radical (unpaired) electrons. The highest BCUT2D eigenvalue weighted by molar-refractivity contribution is 7.91. The summed E-state index contributed by atoms with van der Waals surface area (Å²) in [6, 6.07) is 11.3. The van der Waals surface area contributed by atoms with Crippen molar-refractivity contribution < 1.29 is 8.42 Å². The van der Waals surface area contributed by atoms with Crippen molar-refractivity contribution >= 4 is 9.84 Å². The zero-order chi connectivity index (χ0) is 13.2. The number of nitriles is 1. The first-order valence-electron chi connectivity index (χ1n) is 5.22. The van der Waals surface area contributed by atoms with E-state index in [4.69, 9.17) is 5.26 Å². The van der Waals surface area contributed by atoms with Crippen molar-refractivity contribution in [1.82, 2.24) is 4.98 Å². The summed E-state index contributed by atoms with van der Waals surface area (Å²) in [5.74, 6) is 0. The van der Waals surface area contributed by atoms with Gasteiger partial charge in [-0.15, -0.1) is 0 Å². The number of hydrogen-bond acceptors (Lipinski definition) is 4. The number of nitrogens with zero attached hydrogens (tertiary/aromatic N) is 2. The highest BCUT2D eigenvalue weighted by Gasteiger charge is 2.22. The average Bonchev–Trinajstić information content (AvgIpc) is 2.39. The Morgan fingerprint density at radius 1 is 1.17 bits per heavy atom. The number of benzene rings is 1. The lowest BCUT2D eigenvalue weighted by Crippen LogP contribution is -2.06. The third kappa shape index (κ3) is 2.11. The summed E-state index contributed by atoms with van der Waals surface area (Å²) >= 11 is 0. The van der Waals surface area contributed by atoms with E-state index in [0.717, 1.165) is 5.56 Å². The van der Waals surface area contributed by atoms with Crippen LogP contribution < -0.4 is 0 Å². The van der Waals surface area contributed by atoms with Crippen LogP contribution in [0.3, 0.4) is 0 Å². The van der Waals surface area contributed by atoms with Crippen LogP contribution in [0.5, 0.6) is 0 Å². The zero-order valence-corrected chi connectivity index (χ0v) is 10.5. The van der Waals surface area contributed by atoms with Crippen LogP contribution in [0, 0.1) is 18.3 Å². The number of aromatic nitrogens is 1. The quantitative estimate of drug-likeness (QED) is 0.827. The Morgan fingerprint density at radius 3 is 2.44 bits per heavy atom. The minimum atomic E-state index is -3.73. The molecule has 0 aliphatic heterocycles. The Morgan fingerprint density at radius 2 is 1.83 bits per heavy atom. The largest absolute Gasteiger partial charge is 0.243 e. The third-order valence-corrected chi connectivity index (χ3v) is 4.20. The van der Waals surface area contributed by atoms with E-state index in [1.54, 1.807) is 12.1 Å². The van der Waals surface area contributed by atoms with Gasteiger partial charge in [-0.2, -0.15) is 5.26 Å². The molecule has 1 aromatic carbocycles. The monoisotopic (exact) mass is 258 g/mol. The first-order chi connectivity index (χ1) is 8.55. The highest BCUT2D eigenvalue weighted by Crippen LogP contribution is 2.21. The second kappa shape index (κ2) is 4.59. The minimum Gasteiger partial charge on any atom is -0.243 e. The molecule has 90 valence electrons. The van der Waals surface area contributed by atoms with Gasteiger partial charge in [-0.3, -0.25) is 0 Å². The molecule has 0 aliphatic rings. The van der Waals surface area contributed by atoms with Crippen LogP contribution in [0.4, 0.5) is 0 Å². The van der Waals surface area contributed by atoms with Crippen LogP contribution >= 0.6 is 0 Å². The maximum absolute atomic E-state index is 12.3. The van der Waals surface area contributed by atoms with Gasteiger partial charge in [0, 0.05) is 6.20 Å². The van der Waals surface area contributed by atoms with Gasteiger partial charge in [0.1, 0.15) is 6.07 Å². The molecule has 0 saturated heterocycles. The predicted molar refractivity (Wildman–Crippen MR) is 65.6 cm³/mol. The van der Waals surface area contributed by atoms with E-state index in [-0.39, 0.29) is 15.5 Å². The Labute approximate surface area is 105 Å². The van der Waals surface area contributed by atoms with E-state index < -0.39 is 9.84 Å². The fourth-order valence-electron chi connectivity index (χ4n) is 1.52. The van der Waals surface area contributed by atoms with Crippen LogP contribution in [0.25, 0.3) is 0 Å². The molecule has 0 bridgehead atoms. The van der Waals surface area contributed by atoms with Gasteiger partial charge in [-0.05, 0) is 31.2 Å². The van der Waals surface area contributed by atoms with Crippen molar-refractivity contribution in [3.8, 4) is 6.07 Å². The normalized spacial score (nSPS) is 10.9. The van der Waals surface area contributed by atoms with Gasteiger partial charge >= 0.3 is 0 Å². The standard InChI is InChI=1S/C13H10N2O2S/c1-10-4-6-12(7-5-10)18(16,17)13-11(9-14)3-2-8-15-13/h2-8H,1H3. The molecule has 0 aliphatic carbocycles. The Bertz CT molecular complexity index is 713. The SMILES string of the molecule is Cc1ccc(S(=O)(=O)c2ncccc2C#N)cc1. The Hall–Kier alpha value is -2.19. The van der Waals surface area contributed by atoms with Gasteiger partial charge in [0.2, 0.25) is 9.84 Å². The highest BCUT2D eigenvalue weighted by atomic mass is 32.2. The van der Waals surface area contributed by atoms with Crippen LogP contribution in [0.15, 0.2) is 52.5 Å². The van der Waals surface area contributed by atoms with Crippen molar-refractivity contribution in [3.63, 3.8) is 0 Å². The molecule has 0 spiro atoms. The summed E-state index contributed by atoms with van der Waals surface area (Å²) in [5.41, 5.74) is 1.02. The van der Waals surface area contributed by atoms with E-state index in [1.165, 1.54) is 30.5 Å². The van der Waals surface area contributed by atoms with Gasteiger partial charge in [-0.1, -0.05) is 17.7 Å². The molecule has 2 rings (SSSR count). The molecule has 5 heteroatoms. The van der Waals surface area contributed by atoms with Crippen molar-refractivity contribution in [1.29, 1.82) is 5.26 Å². The van der Waals surface area contributed by atoms with Crippen molar-refractivity contribution in [2.75, 3.05) is 0 Å². The number of rotatable bonds is 2. The molecule has 1 aromatic heterocycles. The first-order valence-corrected chi connectivity index (χ1v) is 6.71. The van der Waals surface area contributed by atoms with Crippen LogP contribution in [0.1, 0.15) is 11.1 Å². The van der Waals surface area contributed by atoms with E-state index in [0.29, 0.717) is 0 Å². The predicted octanol–water partition coefficient (Wildman–Crippen LogP) is 2.09. The molecule has 0 fully saturated rings. The second-order valence-electron chi connectivity index (χ2n) is 3.78. The number of sulfone groups is 1. The maximum Gasteiger partial charge on any atom is 0.225 e. The molecule has 0 N–H and O–H groups in total. The fourth-order valence-corrected chi connectivity index (χ4v) is 2.84. The van der Waals surface area contributed by atoms with Crippen LogP contribution in [0.2, 0.25) is 0 Å². The molecule has 0 unspecified atom stereocenters.